The fourth-order valence-corrected chi connectivity index (χ4v) is 3.08. The third kappa shape index (κ3) is 10.0. The van der Waals surface area contributed by atoms with Gasteiger partial charge in [0.05, 0.1) is 10.1 Å². The first-order valence-corrected chi connectivity index (χ1v) is 7.23. The standard InChI is InChI=1S/C7H15NO3S3.Na/c1-3-8(4-2)7(12)13-5-6-14(9,10)11;/h3-6H2,1-2H3,(H,9,10,11);/q;+1/p-1. The molecule has 0 N–H and O–H groups in total. The minimum Gasteiger partial charge on any atom is -0.748 e. The molecule has 84 valence electrons. The average Bonchev–Trinajstić information content (AvgIpc) is 2.04. The Hall–Kier alpha value is 1.15. The Morgan fingerprint density at radius 1 is 1.40 bits per heavy atom. The van der Waals surface area contributed by atoms with E-state index in [1.165, 1.54) is 11.8 Å². The van der Waals surface area contributed by atoms with Crippen LogP contribution in [0.25, 0.3) is 0 Å². The summed E-state index contributed by atoms with van der Waals surface area (Å²) in [6, 6.07) is 0. The minimum absolute atomic E-state index is 0. The molecule has 0 radical (unpaired) electrons. The van der Waals surface area contributed by atoms with E-state index in [2.05, 4.69) is 0 Å². The minimum atomic E-state index is -4.11. The zero-order valence-electron chi connectivity index (χ0n) is 9.23. The van der Waals surface area contributed by atoms with Gasteiger partial charge in [-0.25, -0.2) is 8.42 Å². The number of thioether (sulfide) groups is 1. The average molecular weight is 279 g/mol. The van der Waals surface area contributed by atoms with Crippen molar-refractivity contribution in [3.8, 4) is 0 Å². The molecule has 0 aromatic heterocycles. The number of hydrogen-bond donors (Lipinski definition) is 0. The van der Waals surface area contributed by atoms with Crippen molar-refractivity contribution in [2.75, 3.05) is 24.6 Å². The molecule has 0 spiro atoms. The Bertz CT molecular complexity index is 277. The summed E-state index contributed by atoms with van der Waals surface area (Å²) in [7, 11) is -4.11. The van der Waals surface area contributed by atoms with E-state index < -0.39 is 10.1 Å². The van der Waals surface area contributed by atoms with Crippen molar-refractivity contribution in [2.45, 2.75) is 13.8 Å². The quantitative estimate of drug-likeness (QED) is 0.326. The molecule has 0 aliphatic carbocycles. The molecule has 0 aromatic rings. The normalized spacial score (nSPS) is 10.6. The maximum Gasteiger partial charge on any atom is 1.00 e. The number of hydrogen-bond acceptors (Lipinski definition) is 5. The van der Waals surface area contributed by atoms with Crippen molar-refractivity contribution in [2.24, 2.45) is 0 Å². The van der Waals surface area contributed by atoms with Crippen molar-refractivity contribution in [3.05, 3.63) is 0 Å². The van der Waals surface area contributed by atoms with E-state index in [4.69, 9.17) is 12.2 Å². The van der Waals surface area contributed by atoms with Gasteiger partial charge in [-0.3, -0.25) is 0 Å². The zero-order valence-corrected chi connectivity index (χ0v) is 13.7. The largest absolute Gasteiger partial charge is 1.00 e. The summed E-state index contributed by atoms with van der Waals surface area (Å²) in [6.45, 7) is 5.54. The summed E-state index contributed by atoms with van der Waals surface area (Å²) in [5.74, 6) is -0.125. The Balaban J connectivity index is 0. The topological polar surface area (TPSA) is 60.4 Å². The van der Waals surface area contributed by atoms with Gasteiger partial charge in [-0.05, 0) is 13.8 Å². The van der Waals surface area contributed by atoms with Crippen LogP contribution in [0.3, 0.4) is 0 Å². The molecule has 0 aliphatic heterocycles. The van der Waals surface area contributed by atoms with E-state index >= 15 is 0 Å². The SMILES string of the molecule is CCN(CC)C(=S)SCCS(=O)(=O)[O-].[Na+]. The molecule has 15 heavy (non-hydrogen) atoms. The molecule has 4 nitrogen and oxygen atoms in total. The third-order valence-electron chi connectivity index (χ3n) is 1.58. The number of thiocarbonyl (C=S) groups is 1. The first-order chi connectivity index (χ1) is 6.40. The zero-order chi connectivity index (χ0) is 11.2. The fourth-order valence-electron chi connectivity index (χ4n) is 0.804. The molecule has 0 atom stereocenters. The number of nitrogens with zero attached hydrogens (tertiary/aromatic N) is 1. The van der Waals surface area contributed by atoms with E-state index in [-0.39, 0.29) is 41.1 Å². The molecule has 0 heterocycles. The number of rotatable bonds is 5. The van der Waals surface area contributed by atoms with Gasteiger partial charge >= 0.3 is 29.6 Å². The van der Waals surface area contributed by atoms with Crippen LogP contribution in [0.15, 0.2) is 0 Å². The van der Waals surface area contributed by atoms with Gasteiger partial charge in [-0.15, -0.1) is 0 Å². The molecule has 0 aromatic carbocycles. The van der Waals surface area contributed by atoms with Crippen LogP contribution in [-0.2, 0) is 10.1 Å². The van der Waals surface area contributed by atoms with Crippen LogP contribution in [0, 0.1) is 0 Å². The van der Waals surface area contributed by atoms with Crippen LogP contribution in [-0.4, -0.2) is 46.8 Å². The molecule has 0 saturated heterocycles. The molecule has 8 heteroatoms. The predicted molar refractivity (Wildman–Crippen MR) is 62.5 cm³/mol. The summed E-state index contributed by atoms with van der Waals surface area (Å²) in [6.07, 6.45) is 0. The first kappa shape index (κ1) is 18.5. The smallest absolute Gasteiger partial charge is 0.748 e. The summed E-state index contributed by atoms with van der Waals surface area (Å²) < 4.78 is 31.5. The predicted octanol–water partition coefficient (Wildman–Crippen LogP) is -2.10. The maximum absolute atomic E-state index is 10.3. The van der Waals surface area contributed by atoms with Gasteiger partial charge in [-0.2, -0.15) is 0 Å². The maximum atomic E-state index is 10.3. The van der Waals surface area contributed by atoms with E-state index in [1.54, 1.807) is 0 Å². The van der Waals surface area contributed by atoms with E-state index in [1.807, 2.05) is 18.7 Å². The van der Waals surface area contributed by atoms with Crippen molar-refractivity contribution in [1.82, 2.24) is 4.90 Å². The van der Waals surface area contributed by atoms with Crippen LogP contribution >= 0.6 is 24.0 Å². The van der Waals surface area contributed by atoms with Crippen molar-refractivity contribution in [1.29, 1.82) is 0 Å². The van der Waals surface area contributed by atoms with Crippen LogP contribution < -0.4 is 29.6 Å². The molecular weight excluding hydrogens is 265 g/mol. The van der Waals surface area contributed by atoms with Gasteiger partial charge in [0.1, 0.15) is 4.32 Å². The van der Waals surface area contributed by atoms with Crippen LogP contribution in [0.2, 0.25) is 0 Å². The summed E-state index contributed by atoms with van der Waals surface area (Å²) in [5, 5.41) is 0. The molecule has 0 rings (SSSR count). The molecule has 0 amide bonds. The van der Waals surface area contributed by atoms with Crippen LogP contribution in [0.1, 0.15) is 13.8 Å². The second-order valence-corrected chi connectivity index (χ2v) is 5.80. The van der Waals surface area contributed by atoms with Crippen molar-refractivity contribution < 1.29 is 42.5 Å². The Morgan fingerprint density at radius 3 is 2.20 bits per heavy atom. The molecule has 0 unspecified atom stereocenters. The first-order valence-electron chi connectivity index (χ1n) is 4.26. The van der Waals surface area contributed by atoms with Gasteiger partial charge in [0, 0.05) is 24.6 Å². The Labute approximate surface area is 123 Å². The van der Waals surface area contributed by atoms with E-state index in [0.29, 0.717) is 4.32 Å². The Morgan fingerprint density at radius 2 is 1.87 bits per heavy atom. The summed E-state index contributed by atoms with van der Waals surface area (Å²) in [4.78, 5) is 1.94. The third-order valence-corrected chi connectivity index (χ3v) is 4.07. The molecule has 0 bridgehead atoms. The second-order valence-electron chi connectivity index (χ2n) is 2.55. The second kappa shape index (κ2) is 9.21. The molecule has 0 fully saturated rings. The van der Waals surface area contributed by atoms with Crippen molar-refractivity contribution in [3.63, 3.8) is 0 Å². The summed E-state index contributed by atoms with van der Waals surface area (Å²) >= 11 is 6.29. The van der Waals surface area contributed by atoms with Crippen LogP contribution in [0.4, 0.5) is 0 Å². The van der Waals surface area contributed by atoms with Crippen molar-refractivity contribution >= 4 is 38.4 Å². The Kier molecular flexibility index (Phi) is 11.4. The molecule has 0 aliphatic rings. The summed E-state index contributed by atoms with van der Waals surface area (Å²) in [5.41, 5.74) is 0. The van der Waals surface area contributed by atoms with Gasteiger partial charge in [0.25, 0.3) is 0 Å². The molecular formula is C7H14NNaO3S3. The van der Waals surface area contributed by atoms with E-state index in [0.717, 1.165) is 13.1 Å². The van der Waals surface area contributed by atoms with Gasteiger partial charge < -0.3 is 9.45 Å². The monoisotopic (exact) mass is 279 g/mol. The fraction of sp³-hybridized carbons (Fsp3) is 0.857. The van der Waals surface area contributed by atoms with Gasteiger partial charge in [0.15, 0.2) is 0 Å². The van der Waals surface area contributed by atoms with E-state index in [9.17, 15) is 13.0 Å². The molecule has 0 saturated carbocycles. The van der Waals surface area contributed by atoms with Gasteiger partial charge in [0.2, 0.25) is 0 Å². The van der Waals surface area contributed by atoms with Crippen LogP contribution in [0.5, 0.6) is 0 Å². The van der Waals surface area contributed by atoms with Gasteiger partial charge in [-0.1, -0.05) is 24.0 Å².